The number of carbonyl (C=O) groups excluding carboxylic acids is 2. The molecule has 8 nitrogen and oxygen atoms in total. The van der Waals surface area contributed by atoms with Crippen LogP contribution < -0.4 is 18.9 Å². The van der Waals surface area contributed by atoms with Crippen LogP contribution in [-0.2, 0) is 11.2 Å². The van der Waals surface area contributed by atoms with E-state index in [1.165, 1.54) is 30.5 Å². The first-order valence-corrected chi connectivity index (χ1v) is 12.1. The van der Waals surface area contributed by atoms with Gasteiger partial charge in [-0.1, -0.05) is 18.2 Å². The fraction of sp³-hybridized carbons (Fsp3) is 0.259. The minimum absolute atomic E-state index is 0.0435. The quantitative estimate of drug-likeness (QED) is 0.399. The van der Waals surface area contributed by atoms with Crippen molar-refractivity contribution >= 4 is 23.0 Å². The zero-order valence-electron chi connectivity index (χ0n) is 20.4. The second-order valence-electron chi connectivity index (χ2n) is 8.02. The molecule has 0 saturated heterocycles. The van der Waals surface area contributed by atoms with Gasteiger partial charge in [0.1, 0.15) is 0 Å². The van der Waals surface area contributed by atoms with Crippen molar-refractivity contribution in [1.29, 1.82) is 0 Å². The zero-order chi connectivity index (χ0) is 25.8. The first-order chi connectivity index (χ1) is 17.4. The predicted octanol–water partition coefficient (Wildman–Crippen LogP) is 4.60. The number of ketones is 1. The summed E-state index contributed by atoms with van der Waals surface area (Å²) in [6.45, 7) is 0.249. The van der Waals surface area contributed by atoms with E-state index in [9.17, 15) is 14.7 Å². The third-order valence-corrected chi connectivity index (χ3v) is 6.97. The highest BCUT2D eigenvalue weighted by molar-refractivity contribution is 7.12. The average molecular weight is 510 g/mol. The molecule has 188 valence electrons. The molecular weight excluding hydrogens is 482 g/mol. The van der Waals surface area contributed by atoms with Crippen LogP contribution in [0.1, 0.15) is 26.8 Å². The Balaban J connectivity index is 1.72. The molecule has 3 aromatic rings. The van der Waals surface area contributed by atoms with Gasteiger partial charge in [0.2, 0.25) is 5.78 Å². The first-order valence-electron chi connectivity index (χ1n) is 11.2. The van der Waals surface area contributed by atoms with Crippen molar-refractivity contribution in [3.63, 3.8) is 0 Å². The van der Waals surface area contributed by atoms with Crippen LogP contribution in [0.4, 0.5) is 0 Å². The number of rotatable bonds is 10. The molecule has 1 aliphatic rings. The maximum atomic E-state index is 13.4. The predicted molar refractivity (Wildman–Crippen MR) is 136 cm³/mol. The van der Waals surface area contributed by atoms with Crippen molar-refractivity contribution < 1.29 is 33.6 Å². The molecular formula is C27H27NO7S. The molecule has 1 unspecified atom stereocenters. The van der Waals surface area contributed by atoms with Gasteiger partial charge in [0.15, 0.2) is 28.8 Å². The zero-order valence-corrected chi connectivity index (χ0v) is 21.3. The number of thiophene rings is 1. The Morgan fingerprint density at radius 2 is 1.56 bits per heavy atom. The summed E-state index contributed by atoms with van der Waals surface area (Å²) >= 11 is 1.26. The molecule has 2 heterocycles. The summed E-state index contributed by atoms with van der Waals surface area (Å²) < 4.78 is 21.5. The molecule has 0 bridgehead atoms. The van der Waals surface area contributed by atoms with Gasteiger partial charge in [-0.25, -0.2) is 0 Å². The van der Waals surface area contributed by atoms with Gasteiger partial charge in [-0.15, -0.1) is 11.3 Å². The van der Waals surface area contributed by atoms with Crippen LogP contribution in [0.25, 0.3) is 0 Å². The second-order valence-corrected chi connectivity index (χ2v) is 8.97. The number of amides is 1. The maximum absolute atomic E-state index is 13.4. The normalized spacial score (nSPS) is 15.3. The van der Waals surface area contributed by atoms with E-state index in [1.54, 1.807) is 56.0 Å². The summed E-state index contributed by atoms with van der Waals surface area (Å²) in [5, 5.41) is 12.7. The highest BCUT2D eigenvalue weighted by Gasteiger charge is 2.44. The number of Topliss-reactive ketones (excluding diaryl/α,β-unsaturated/α-hetero) is 1. The molecule has 0 spiro atoms. The van der Waals surface area contributed by atoms with Gasteiger partial charge in [0.25, 0.3) is 5.91 Å². The Kier molecular flexibility index (Phi) is 7.49. The van der Waals surface area contributed by atoms with Crippen LogP contribution in [0.15, 0.2) is 65.2 Å². The van der Waals surface area contributed by atoms with Crippen molar-refractivity contribution in [3.8, 4) is 23.0 Å². The van der Waals surface area contributed by atoms with Crippen LogP contribution >= 0.6 is 11.3 Å². The van der Waals surface area contributed by atoms with E-state index in [4.69, 9.17) is 18.9 Å². The fourth-order valence-corrected chi connectivity index (χ4v) is 4.99. The minimum atomic E-state index is -0.799. The van der Waals surface area contributed by atoms with E-state index < -0.39 is 17.7 Å². The summed E-state index contributed by atoms with van der Waals surface area (Å²) in [5.74, 6) is 0.622. The van der Waals surface area contributed by atoms with Crippen LogP contribution in [0, 0.1) is 0 Å². The lowest BCUT2D eigenvalue weighted by molar-refractivity contribution is -0.129. The van der Waals surface area contributed by atoms with Gasteiger partial charge in [-0.2, -0.15) is 0 Å². The summed E-state index contributed by atoms with van der Waals surface area (Å²) in [6.07, 6.45) is 0.462. The van der Waals surface area contributed by atoms with Crippen molar-refractivity contribution in [2.24, 2.45) is 0 Å². The second kappa shape index (κ2) is 10.7. The Morgan fingerprint density at radius 3 is 2.17 bits per heavy atom. The van der Waals surface area contributed by atoms with Crippen LogP contribution in [-0.4, -0.2) is 56.7 Å². The fourth-order valence-electron chi connectivity index (χ4n) is 4.31. The highest BCUT2D eigenvalue weighted by atomic mass is 32.1. The average Bonchev–Trinajstić information content (AvgIpc) is 3.54. The number of benzene rings is 2. The lowest BCUT2D eigenvalue weighted by Crippen LogP contribution is -2.33. The smallest absolute Gasteiger partial charge is 0.290 e. The number of hydrogen-bond acceptors (Lipinski definition) is 8. The Bertz CT molecular complexity index is 1300. The van der Waals surface area contributed by atoms with Crippen molar-refractivity contribution in [3.05, 3.63) is 81.2 Å². The molecule has 4 rings (SSSR count). The summed E-state index contributed by atoms with van der Waals surface area (Å²) in [4.78, 5) is 28.6. The maximum Gasteiger partial charge on any atom is 0.290 e. The number of ether oxygens (including phenoxy) is 4. The van der Waals surface area contributed by atoms with Gasteiger partial charge in [0.05, 0.1) is 44.9 Å². The standard InChI is InChI=1S/C27H27NO7S/c1-32-18-9-7-16(14-20(18)34-3)11-12-28-24(17-8-10-19(33-2)21(15-17)35-4)23(26(30)27(28)31)25(29)22-6-5-13-36-22/h5-10,13-15,24,30H,11-12H2,1-4H3. The molecule has 9 heteroatoms. The van der Waals surface area contributed by atoms with E-state index in [1.807, 2.05) is 12.1 Å². The topological polar surface area (TPSA) is 94.5 Å². The third-order valence-electron chi connectivity index (χ3n) is 6.11. The number of aliphatic hydroxyl groups excluding tert-OH is 1. The number of nitrogens with zero attached hydrogens (tertiary/aromatic N) is 1. The van der Waals surface area contributed by atoms with Crippen LogP contribution in [0.5, 0.6) is 23.0 Å². The molecule has 1 aromatic heterocycles. The molecule has 2 aromatic carbocycles. The lowest BCUT2D eigenvalue weighted by atomic mass is 9.95. The molecule has 1 aliphatic heterocycles. The summed E-state index contributed by atoms with van der Waals surface area (Å²) in [5.41, 5.74) is 1.57. The lowest BCUT2D eigenvalue weighted by Gasteiger charge is -2.27. The van der Waals surface area contributed by atoms with Crippen LogP contribution in [0.2, 0.25) is 0 Å². The van der Waals surface area contributed by atoms with Crippen molar-refractivity contribution in [2.75, 3.05) is 35.0 Å². The summed E-state index contributed by atoms with van der Waals surface area (Å²) in [7, 11) is 6.17. The minimum Gasteiger partial charge on any atom is -0.503 e. The van der Waals surface area contributed by atoms with E-state index in [-0.39, 0.29) is 17.9 Å². The molecule has 0 saturated carbocycles. The molecule has 1 amide bonds. The van der Waals surface area contributed by atoms with Crippen molar-refractivity contribution in [2.45, 2.75) is 12.5 Å². The van der Waals surface area contributed by atoms with E-state index >= 15 is 0 Å². The van der Waals surface area contributed by atoms with E-state index in [0.29, 0.717) is 39.9 Å². The van der Waals surface area contributed by atoms with Gasteiger partial charge in [-0.3, -0.25) is 9.59 Å². The number of carbonyl (C=O) groups is 2. The van der Waals surface area contributed by atoms with Gasteiger partial charge < -0.3 is 29.0 Å². The number of hydrogen-bond donors (Lipinski definition) is 1. The number of methoxy groups -OCH3 is 4. The molecule has 1 atom stereocenters. The SMILES string of the molecule is COc1ccc(CCN2C(=O)C(O)=C(C(=O)c3cccs3)C2c2ccc(OC)c(OC)c2)cc1OC. The van der Waals surface area contributed by atoms with E-state index in [2.05, 4.69) is 0 Å². The third kappa shape index (κ3) is 4.61. The molecule has 0 aliphatic carbocycles. The molecule has 1 N–H and O–H groups in total. The first kappa shape index (κ1) is 25.1. The van der Waals surface area contributed by atoms with Gasteiger partial charge in [-0.05, 0) is 53.3 Å². The highest BCUT2D eigenvalue weighted by Crippen LogP contribution is 2.42. The largest absolute Gasteiger partial charge is 0.503 e. The van der Waals surface area contributed by atoms with Crippen molar-refractivity contribution in [1.82, 2.24) is 4.90 Å². The monoisotopic (exact) mass is 509 g/mol. The molecule has 36 heavy (non-hydrogen) atoms. The number of aliphatic hydroxyl groups is 1. The van der Waals surface area contributed by atoms with Gasteiger partial charge >= 0.3 is 0 Å². The molecule has 0 fully saturated rings. The summed E-state index contributed by atoms with van der Waals surface area (Å²) in [6, 6.07) is 13.4. The van der Waals surface area contributed by atoms with Gasteiger partial charge in [0, 0.05) is 6.54 Å². The Labute approximate surface area is 213 Å². The Morgan fingerprint density at radius 1 is 0.917 bits per heavy atom. The van der Waals surface area contributed by atoms with E-state index in [0.717, 1.165) is 5.56 Å². The Hall–Kier alpha value is -3.98. The molecule has 0 radical (unpaired) electrons. The van der Waals surface area contributed by atoms with Crippen LogP contribution in [0.3, 0.4) is 0 Å².